The van der Waals surface area contributed by atoms with E-state index in [1.165, 1.54) is 154 Å². The van der Waals surface area contributed by atoms with Crippen LogP contribution in [-0.2, 0) is 9.47 Å². The van der Waals surface area contributed by atoms with Crippen molar-refractivity contribution in [3.63, 3.8) is 0 Å². The summed E-state index contributed by atoms with van der Waals surface area (Å²) in [6.07, 6.45) is 34.1. The maximum absolute atomic E-state index is 6.28. The molecule has 1 fully saturated rings. The first-order valence-electron chi connectivity index (χ1n) is 16.7. The third kappa shape index (κ3) is 20.9. The van der Waals surface area contributed by atoms with E-state index < -0.39 is 0 Å². The van der Waals surface area contributed by atoms with E-state index in [0.29, 0.717) is 0 Å². The Kier molecular flexibility index (Phi) is 24.9. The molecule has 3 nitrogen and oxygen atoms in total. The molecule has 0 amide bonds. The summed E-state index contributed by atoms with van der Waals surface area (Å²) in [7, 11) is 2.20. The third-order valence-corrected chi connectivity index (χ3v) is 8.06. The zero-order valence-corrected chi connectivity index (χ0v) is 25.2. The second-order valence-corrected chi connectivity index (χ2v) is 11.8. The van der Waals surface area contributed by atoms with Gasteiger partial charge in [0.1, 0.15) is 0 Å². The van der Waals surface area contributed by atoms with Crippen LogP contribution in [0.15, 0.2) is 0 Å². The summed E-state index contributed by atoms with van der Waals surface area (Å²) < 4.78 is 12.6. The third-order valence-electron chi connectivity index (χ3n) is 8.06. The summed E-state index contributed by atoms with van der Waals surface area (Å²) in [6.45, 7) is 8.47. The quantitative estimate of drug-likeness (QED) is 0.0979. The van der Waals surface area contributed by atoms with Crippen molar-refractivity contribution in [1.82, 2.24) is 4.90 Å². The zero-order valence-electron chi connectivity index (χ0n) is 25.2. The summed E-state index contributed by atoms with van der Waals surface area (Å²) in [5.41, 5.74) is 0. The maximum atomic E-state index is 6.28. The number of unbranched alkanes of at least 4 members (excludes halogenated alkanes) is 22. The van der Waals surface area contributed by atoms with Crippen LogP contribution in [0.3, 0.4) is 0 Å². The van der Waals surface area contributed by atoms with Crippen LogP contribution in [-0.4, -0.2) is 50.5 Å². The van der Waals surface area contributed by atoms with E-state index in [2.05, 4.69) is 25.8 Å². The molecular weight excluding hydrogens is 442 g/mol. The van der Waals surface area contributed by atoms with E-state index in [1.54, 1.807) is 0 Å². The standard InChI is InChI=1S/C33H67NO2/c1-4-6-8-10-12-14-16-18-20-22-24-26-28-35-32-30-34(3)31-33(32)36-29-27-25-23-21-19-17-15-13-11-9-7-5-2/h32-33H,4-31H2,1-3H3. The molecule has 0 saturated carbocycles. The molecule has 0 aromatic rings. The lowest BCUT2D eigenvalue weighted by Gasteiger charge is -2.20. The highest BCUT2D eigenvalue weighted by molar-refractivity contribution is 4.84. The van der Waals surface area contributed by atoms with Gasteiger partial charge in [0, 0.05) is 26.3 Å². The van der Waals surface area contributed by atoms with Gasteiger partial charge in [-0.1, -0.05) is 155 Å². The molecule has 1 aliphatic heterocycles. The van der Waals surface area contributed by atoms with Crippen LogP contribution in [0.2, 0.25) is 0 Å². The molecule has 0 aromatic heterocycles. The van der Waals surface area contributed by atoms with E-state index in [-0.39, 0.29) is 12.2 Å². The van der Waals surface area contributed by atoms with Crippen LogP contribution in [0.4, 0.5) is 0 Å². The number of hydrogen-bond donors (Lipinski definition) is 0. The fourth-order valence-corrected chi connectivity index (χ4v) is 5.60. The molecule has 1 saturated heterocycles. The molecule has 36 heavy (non-hydrogen) atoms. The van der Waals surface area contributed by atoms with Crippen molar-refractivity contribution in [1.29, 1.82) is 0 Å². The van der Waals surface area contributed by atoms with Crippen LogP contribution >= 0.6 is 0 Å². The molecule has 0 radical (unpaired) electrons. The first kappa shape index (κ1) is 33.9. The Morgan fingerprint density at radius 2 is 0.667 bits per heavy atom. The summed E-state index contributed by atoms with van der Waals surface area (Å²) in [5.74, 6) is 0. The highest BCUT2D eigenvalue weighted by Gasteiger charge is 2.32. The molecule has 0 aliphatic carbocycles. The summed E-state index contributed by atoms with van der Waals surface area (Å²) in [6, 6.07) is 0. The highest BCUT2D eigenvalue weighted by Crippen LogP contribution is 2.18. The highest BCUT2D eigenvalue weighted by atomic mass is 16.5. The Bertz CT molecular complexity index is 392. The van der Waals surface area contributed by atoms with Crippen molar-refractivity contribution in [3.8, 4) is 0 Å². The average molecular weight is 510 g/mol. The van der Waals surface area contributed by atoms with Gasteiger partial charge in [0.25, 0.3) is 0 Å². The fraction of sp³-hybridized carbons (Fsp3) is 1.00. The molecule has 216 valence electrons. The number of rotatable bonds is 28. The minimum absolute atomic E-state index is 0.278. The summed E-state index contributed by atoms with van der Waals surface area (Å²) >= 11 is 0. The molecule has 0 N–H and O–H groups in total. The Balaban J connectivity index is 1.88. The van der Waals surface area contributed by atoms with Gasteiger partial charge in [0.05, 0.1) is 12.2 Å². The van der Waals surface area contributed by atoms with Gasteiger partial charge in [0.15, 0.2) is 0 Å². The Hall–Kier alpha value is -0.120. The number of hydrogen-bond acceptors (Lipinski definition) is 3. The topological polar surface area (TPSA) is 21.7 Å². The van der Waals surface area contributed by atoms with Gasteiger partial charge in [-0.2, -0.15) is 0 Å². The molecule has 0 spiro atoms. The second kappa shape index (κ2) is 26.5. The lowest BCUT2D eigenvalue weighted by Crippen LogP contribution is -2.30. The van der Waals surface area contributed by atoms with Crippen LogP contribution in [0, 0.1) is 0 Å². The minimum Gasteiger partial charge on any atom is -0.374 e. The zero-order chi connectivity index (χ0) is 25.9. The SMILES string of the molecule is CCCCCCCCCCCCCCOC1CN(C)CC1OCCCCCCCCCCCCCC. The van der Waals surface area contributed by atoms with Gasteiger partial charge in [-0.05, 0) is 19.9 Å². The molecule has 2 atom stereocenters. The van der Waals surface area contributed by atoms with E-state index in [4.69, 9.17) is 9.47 Å². The van der Waals surface area contributed by atoms with Crippen molar-refractivity contribution >= 4 is 0 Å². The molecule has 0 bridgehead atoms. The van der Waals surface area contributed by atoms with E-state index in [1.807, 2.05) is 0 Å². The predicted octanol–water partition coefficient (Wildman–Crippen LogP) is 10.1. The van der Waals surface area contributed by atoms with Gasteiger partial charge in [-0.15, -0.1) is 0 Å². The number of likely N-dealkylation sites (N-methyl/N-ethyl adjacent to an activating group) is 1. The monoisotopic (exact) mass is 510 g/mol. The van der Waals surface area contributed by atoms with E-state index in [0.717, 1.165) is 26.3 Å². The fourth-order valence-electron chi connectivity index (χ4n) is 5.60. The molecule has 0 aromatic carbocycles. The van der Waals surface area contributed by atoms with Crippen LogP contribution < -0.4 is 0 Å². The van der Waals surface area contributed by atoms with Crippen LogP contribution in [0.5, 0.6) is 0 Å². The van der Waals surface area contributed by atoms with E-state index >= 15 is 0 Å². The normalized spacial score (nSPS) is 18.4. The maximum Gasteiger partial charge on any atom is 0.0975 e. The predicted molar refractivity (Wildman–Crippen MR) is 159 cm³/mol. The van der Waals surface area contributed by atoms with E-state index in [9.17, 15) is 0 Å². The average Bonchev–Trinajstić information content (AvgIpc) is 3.23. The Labute approximate surface area is 227 Å². The minimum atomic E-state index is 0.278. The smallest absolute Gasteiger partial charge is 0.0975 e. The lowest BCUT2D eigenvalue weighted by atomic mass is 10.1. The number of nitrogens with zero attached hydrogens (tertiary/aromatic N) is 1. The van der Waals surface area contributed by atoms with Crippen molar-refractivity contribution in [2.75, 3.05) is 33.4 Å². The van der Waals surface area contributed by atoms with Crippen molar-refractivity contribution < 1.29 is 9.47 Å². The molecular formula is C33H67NO2. The Morgan fingerprint density at radius 3 is 0.944 bits per heavy atom. The Morgan fingerprint density at radius 1 is 0.417 bits per heavy atom. The molecule has 1 aliphatic rings. The summed E-state index contributed by atoms with van der Waals surface area (Å²) in [5, 5.41) is 0. The molecule has 3 heteroatoms. The van der Waals surface area contributed by atoms with Crippen LogP contribution in [0.1, 0.15) is 168 Å². The number of likely N-dealkylation sites (tertiary alicyclic amines) is 1. The number of ether oxygens (including phenoxy) is 2. The van der Waals surface area contributed by atoms with Crippen molar-refractivity contribution in [2.45, 2.75) is 180 Å². The molecule has 1 rings (SSSR count). The van der Waals surface area contributed by atoms with Crippen molar-refractivity contribution in [2.24, 2.45) is 0 Å². The lowest BCUT2D eigenvalue weighted by molar-refractivity contribution is -0.0481. The molecule has 2 unspecified atom stereocenters. The van der Waals surface area contributed by atoms with Gasteiger partial charge < -0.3 is 14.4 Å². The molecule has 1 heterocycles. The van der Waals surface area contributed by atoms with Crippen molar-refractivity contribution in [3.05, 3.63) is 0 Å². The second-order valence-electron chi connectivity index (χ2n) is 11.8. The van der Waals surface area contributed by atoms with Gasteiger partial charge >= 0.3 is 0 Å². The van der Waals surface area contributed by atoms with Crippen LogP contribution in [0.25, 0.3) is 0 Å². The first-order chi connectivity index (χ1) is 17.8. The summed E-state index contributed by atoms with van der Waals surface area (Å²) in [4.78, 5) is 2.37. The van der Waals surface area contributed by atoms with Gasteiger partial charge in [-0.25, -0.2) is 0 Å². The first-order valence-corrected chi connectivity index (χ1v) is 16.7. The largest absolute Gasteiger partial charge is 0.374 e. The van der Waals surface area contributed by atoms with Gasteiger partial charge in [0.2, 0.25) is 0 Å². The van der Waals surface area contributed by atoms with Gasteiger partial charge in [-0.3, -0.25) is 0 Å².